The molecular formula is C57H110N+. The molecule has 0 aromatic carbocycles. The van der Waals surface area contributed by atoms with Crippen molar-refractivity contribution in [3.63, 3.8) is 0 Å². The summed E-state index contributed by atoms with van der Waals surface area (Å²) in [4.78, 5) is 0. The average molecular weight is 810 g/mol. The highest BCUT2D eigenvalue weighted by Gasteiger charge is 2.37. The molecule has 0 aliphatic rings. The maximum atomic E-state index is 2.70. The molecule has 0 aliphatic heterocycles. The first-order valence-corrected chi connectivity index (χ1v) is 27.8. The van der Waals surface area contributed by atoms with Crippen molar-refractivity contribution in [3.8, 4) is 0 Å². The zero-order chi connectivity index (χ0) is 41.6. The van der Waals surface area contributed by atoms with Gasteiger partial charge in [-0.3, -0.25) is 0 Å². The quantitative estimate of drug-likeness (QED) is 0.0456. The Morgan fingerprint density at radius 2 is 0.397 bits per heavy atom. The minimum atomic E-state index is 0.324. The summed E-state index contributed by atoms with van der Waals surface area (Å²) in [6, 6.07) is 6.84. The summed E-state index contributed by atoms with van der Waals surface area (Å²) in [6.07, 6.45) is 74.4. The van der Waals surface area contributed by atoms with Crippen molar-refractivity contribution in [1.29, 1.82) is 0 Å². The third kappa shape index (κ3) is 35.9. The molecule has 1 aromatic rings. The summed E-state index contributed by atoms with van der Waals surface area (Å²) < 4.78 is 2.70. The lowest BCUT2D eigenvalue weighted by Gasteiger charge is -2.29. The molecule has 0 spiro atoms. The Morgan fingerprint density at radius 1 is 0.224 bits per heavy atom. The highest BCUT2D eigenvalue weighted by molar-refractivity contribution is 4.86. The summed E-state index contributed by atoms with van der Waals surface area (Å²) in [6.45, 7) is 6.96. The number of aromatic nitrogens is 1. The first-order chi connectivity index (χ1) is 28.8. The lowest BCUT2D eigenvalue weighted by atomic mass is 9.81. The van der Waals surface area contributed by atoms with Crippen LogP contribution in [0, 0.1) is 0 Å². The molecule has 0 saturated carbocycles. The normalized spacial score (nSPS) is 11.9. The van der Waals surface area contributed by atoms with E-state index in [1.54, 1.807) is 0 Å². The second-order valence-corrected chi connectivity index (χ2v) is 19.6. The first-order valence-electron chi connectivity index (χ1n) is 27.8. The SMILES string of the molecule is CCCCCCCCCCCCCCCCCCC(CCCCCCCCCCCCCCC)(CCCCCCCCCCCCCCCCCC)[n+]1ccccc1. The van der Waals surface area contributed by atoms with Gasteiger partial charge in [0.15, 0.2) is 17.9 Å². The van der Waals surface area contributed by atoms with Crippen LogP contribution in [-0.4, -0.2) is 0 Å². The molecule has 1 rings (SSSR count). The topological polar surface area (TPSA) is 3.88 Å². The van der Waals surface area contributed by atoms with E-state index >= 15 is 0 Å². The van der Waals surface area contributed by atoms with Crippen LogP contribution in [0.5, 0.6) is 0 Å². The molecule has 58 heavy (non-hydrogen) atoms. The van der Waals surface area contributed by atoms with E-state index in [4.69, 9.17) is 0 Å². The molecule has 0 atom stereocenters. The third-order valence-electron chi connectivity index (χ3n) is 14.0. The van der Waals surface area contributed by atoms with Gasteiger partial charge in [-0.15, -0.1) is 0 Å². The van der Waals surface area contributed by atoms with Crippen molar-refractivity contribution >= 4 is 0 Å². The van der Waals surface area contributed by atoms with Gasteiger partial charge >= 0.3 is 0 Å². The Kier molecular flexibility index (Phi) is 43.4. The third-order valence-corrected chi connectivity index (χ3v) is 14.0. The van der Waals surface area contributed by atoms with Crippen molar-refractivity contribution in [2.24, 2.45) is 0 Å². The van der Waals surface area contributed by atoms with Crippen LogP contribution in [0.2, 0.25) is 0 Å². The molecule has 0 fully saturated rings. The Bertz CT molecular complexity index is 841. The van der Waals surface area contributed by atoms with Gasteiger partial charge in [0.2, 0.25) is 0 Å². The second-order valence-electron chi connectivity index (χ2n) is 19.6. The average Bonchev–Trinajstić information content (AvgIpc) is 3.25. The molecule has 0 unspecified atom stereocenters. The lowest BCUT2D eigenvalue weighted by Crippen LogP contribution is -2.55. The van der Waals surface area contributed by atoms with Gasteiger partial charge in [-0.25, -0.2) is 0 Å². The van der Waals surface area contributed by atoms with E-state index < -0.39 is 0 Å². The molecule has 1 nitrogen and oxygen atoms in total. The van der Waals surface area contributed by atoms with Gasteiger partial charge < -0.3 is 0 Å². The molecule has 0 saturated heterocycles. The van der Waals surface area contributed by atoms with E-state index in [2.05, 4.69) is 55.9 Å². The molecule has 0 amide bonds. The minimum Gasteiger partial charge on any atom is -0.200 e. The number of hydrogen-bond donors (Lipinski definition) is 0. The zero-order valence-corrected chi connectivity index (χ0v) is 40.8. The Morgan fingerprint density at radius 3 is 0.586 bits per heavy atom. The zero-order valence-electron chi connectivity index (χ0n) is 40.8. The molecule has 1 heteroatoms. The Labute approximate surface area is 368 Å². The second kappa shape index (κ2) is 45.7. The molecule has 0 bridgehead atoms. The van der Waals surface area contributed by atoms with Gasteiger partial charge in [-0.05, 0) is 19.3 Å². The minimum absolute atomic E-state index is 0.324. The maximum absolute atomic E-state index is 2.70. The lowest BCUT2D eigenvalue weighted by molar-refractivity contribution is -0.768. The van der Waals surface area contributed by atoms with Crippen molar-refractivity contribution in [3.05, 3.63) is 30.6 Å². The first kappa shape index (κ1) is 55.2. The summed E-state index contributed by atoms with van der Waals surface area (Å²) >= 11 is 0. The van der Waals surface area contributed by atoms with Crippen LogP contribution in [0.25, 0.3) is 0 Å². The number of rotatable bonds is 49. The van der Waals surface area contributed by atoms with Gasteiger partial charge in [0.05, 0.1) is 0 Å². The summed E-state index contributed by atoms with van der Waals surface area (Å²) in [5, 5.41) is 0. The Hall–Kier alpha value is -0.850. The van der Waals surface area contributed by atoms with Gasteiger partial charge in [0.1, 0.15) is 0 Å². The fraction of sp³-hybridized carbons (Fsp3) is 0.912. The van der Waals surface area contributed by atoms with Crippen molar-refractivity contribution < 1.29 is 4.57 Å². The molecule has 0 aliphatic carbocycles. The van der Waals surface area contributed by atoms with Gasteiger partial charge in [-0.2, -0.15) is 4.57 Å². The fourth-order valence-electron chi connectivity index (χ4n) is 9.95. The van der Waals surface area contributed by atoms with E-state index in [9.17, 15) is 0 Å². The monoisotopic (exact) mass is 809 g/mol. The summed E-state index contributed by atoms with van der Waals surface area (Å²) in [5.74, 6) is 0. The van der Waals surface area contributed by atoms with Crippen molar-refractivity contribution in [2.45, 2.75) is 335 Å². The van der Waals surface area contributed by atoms with Crippen LogP contribution in [-0.2, 0) is 5.54 Å². The van der Waals surface area contributed by atoms with Gasteiger partial charge in [-0.1, -0.05) is 297 Å². The smallest absolute Gasteiger partial charge is 0.169 e. The van der Waals surface area contributed by atoms with E-state index in [-0.39, 0.29) is 0 Å². The van der Waals surface area contributed by atoms with Crippen LogP contribution in [0.15, 0.2) is 30.6 Å². The molecule has 0 radical (unpaired) electrons. The van der Waals surface area contributed by atoms with E-state index in [0.29, 0.717) is 5.54 Å². The number of pyridine rings is 1. The van der Waals surface area contributed by atoms with Gasteiger partial charge in [0, 0.05) is 31.4 Å². The van der Waals surface area contributed by atoms with Crippen LogP contribution in [0.3, 0.4) is 0 Å². The molecule has 1 heterocycles. The number of nitrogens with zero attached hydrogens (tertiary/aromatic N) is 1. The van der Waals surface area contributed by atoms with E-state index in [0.717, 1.165) is 0 Å². The highest BCUT2D eigenvalue weighted by atomic mass is 15.0. The summed E-state index contributed by atoms with van der Waals surface area (Å²) in [7, 11) is 0. The van der Waals surface area contributed by atoms with Crippen LogP contribution < -0.4 is 4.57 Å². The fourth-order valence-corrected chi connectivity index (χ4v) is 9.95. The van der Waals surface area contributed by atoms with Crippen LogP contribution in [0.1, 0.15) is 329 Å². The van der Waals surface area contributed by atoms with Gasteiger partial charge in [0.25, 0.3) is 0 Å². The highest BCUT2D eigenvalue weighted by Crippen LogP contribution is 2.32. The standard InChI is InChI=1S/C57H110N/c1-4-7-10-13-16-19-22-25-27-29-32-35-38-41-44-48-53-57(58-55-50-46-51-56-58,52-47-43-40-37-34-31-24-21-18-15-12-9-6-3)54-49-45-42-39-36-33-30-28-26-23-20-17-14-11-8-5-2/h46,50-51,55-56H,4-45,47-49,52-54H2,1-3H3/q+1. The molecular weight excluding hydrogens is 699 g/mol. The maximum Gasteiger partial charge on any atom is 0.169 e. The molecule has 0 N–H and O–H groups in total. The number of hydrogen-bond acceptors (Lipinski definition) is 0. The molecule has 342 valence electrons. The largest absolute Gasteiger partial charge is 0.200 e. The van der Waals surface area contributed by atoms with E-state index in [1.165, 1.54) is 308 Å². The van der Waals surface area contributed by atoms with Crippen LogP contribution in [0.4, 0.5) is 0 Å². The predicted molar refractivity (Wildman–Crippen MR) is 263 cm³/mol. The van der Waals surface area contributed by atoms with Crippen LogP contribution >= 0.6 is 0 Å². The number of unbranched alkanes of at least 4 members (excludes halogenated alkanes) is 42. The molecule has 1 aromatic heterocycles. The summed E-state index contributed by atoms with van der Waals surface area (Å²) in [5.41, 5.74) is 0.324. The Balaban J connectivity index is 2.43. The predicted octanol–water partition coefficient (Wildman–Crippen LogP) is 20.5. The van der Waals surface area contributed by atoms with E-state index in [1.807, 2.05) is 0 Å². The van der Waals surface area contributed by atoms with Crippen molar-refractivity contribution in [1.82, 2.24) is 0 Å². The van der Waals surface area contributed by atoms with Crippen molar-refractivity contribution in [2.75, 3.05) is 0 Å².